The maximum atomic E-state index is 12.0. The van der Waals surface area contributed by atoms with E-state index in [1.54, 1.807) is 13.1 Å². The molecule has 2 aromatic heterocycles. The summed E-state index contributed by atoms with van der Waals surface area (Å²) >= 11 is 0. The Labute approximate surface area is 183 Å². The third-order valence-electron chi connectivity index (χ3n) is 6.32. The van der Waals surface area contributed by atoms with Gasteiger partial charge in [-0.25, -0.2) is 9.97 Å². The van der Waals surface area contributed by atoms with Gasteiger partial charge in [0.1, 0.15) is 11.6 Å². The molecule has 0 amide bonds. The molecule has 3 aromatic rings. The second-order valence-electron chi connectivity index (χ2n) is 8.49. The van der Waals surface area contributed by atoms with Crippen LogP contribution in [0.3, 0.4) is 0 Å². The van der Waals surface area contributed by atoms with Gasteiger partial charge in [0, 0.05) is 42.1 Å². The molecule has 2 N–H and O–H groups in total. The number of hydrogen-bond acceptors (Lipinski definition) is 5. The Hall–Kier alpha value is -2.99. The van der Waals surface area contributed by atoms with Crippen LogP contribution in [0.5, 0.6) is 0 Å². The minimum atomic E-state index is -0.107. The molecule has 1 aromatic carbocycles. The van der Waals surface area contributed by atoms with Crippen molar-refractivity contribution in [3.8, 4) is 11.4 Å². The summed E-state index contributed by atoms with van der Waals surface area (Å²) < 4.78 is 0. The van der Waals surface area contributed by atoms with E-state index in [1.807, 2.05) is 19.1 Å². The molecular formula is C25H31N5O. The molecule has 0 bridgehead atoms. The molecule has 3 heterocycles. The number of aryl methyl sites for hydroxylation is 1. The molecule has 0 saturated carbocycles. The quantitative estimate of drug-likeness (QED) is 0.620. The zero-order valence-electron chi connectivity index (χ0n) is 18.6. The number of aromatic amines is 1. The summed E-state index contributed by atoms with van der Waals surface area (Å²) in [5.41, 5.74) is 4.74. The number of nitrogens with one attached hydrogen (secondary N) is 2. The number of aromatic nitrogens is 3. The number of anilines is 1. The van der Waals surface area contributed by atoms with Crippen LogP contribution in [0.1, 0.15) is 48.6 Å². The number of nitrogens with zero attached hydrogens (tertiary/aromatic N) is 3. The lowest BCUT2D eigenvalue weighted by molar-refractivity contribution is 0.152. The molecule has 1 aliphatic heterocycles. The number of likely N-dealkylation sites (tertiary alicyclic amines) is 1. The van der Waals surface area contributed by atoms with Gasteiger partial charge in [-0.1, -0.05) is 30.7 Å². The van der Waals surface area contributed by atoms with E-state index in [4.69, 9.17) is 0 Å². The molecule has 1 atom stereocenters. The van der Waals surface area contributed by atoms with Crippen molar-refractivity contribution in [1.29, 1.82) is 0 Å². The Morgan fingerprint density at radius 3 is 2.65 bits per heavy atom. The molecule has 31 heavy (non-hydrogen) atoms. The summed E-state index contributed by atoms with van der Waals surface area (Å²) in [4.78, 5) is 26.4. The van der Waals surface area contributed by atoms with E-state index < -0.39 is 0 Å². The number of H-pyrrole nitrogens is 1. The van der Waals surface area contributed by atoms with Gasteiger partial charge in [-0.2, -0.15) is 0 Å². The maximum absolute atomic E-state index is 12.0. The lowest BCUT2D eigenvalue weighted by atomic mass is 10.0. The van der Waals surface area contributed by atoms with E-state index in [-0.39, 0.29) is 5.56 Å². The van der Waals surface area contributed by atoms with Gasteiger partial charge in [0.15, 0.2) is 0 Å². The maximum Gasteiger partial charge on any atom is 0.254 e. The zero-order chi connectivity index (χ0) is 21.8. The standard InChI is InChI=1S/C25H31N5O/c1-17-8-6-7-13-30(17)16-22-10-5-4-9-20(22)14-26-23-12-11-21(15-27-23)24-28-19(3)18(2)25(31)29-24/h4-5,9-12,15,17H,6-8,13-14,16H2,1-3H3,(H,26,27)(H,28,29,31). The molecule has 0 spiro atoms. The van der Waals surface area contributed by atoms with Gasteiger partial charge in [-0.05, 0) is 63.4 Å². The van der Waals surface area contributed by atoms with Crippen molar-refractivity contribution in [3.05, 3.63) is 75.3 Å². The first kappa shape index (κ1) is 21.2. The van der Waals surface area contributed by atoms with Gasteiger partial charge in [-0.15, -0.1) is 0 Å². The molecule has 0 aliphatic carbocycles. The van der Waals surface area contributed by atoms with Crippen molar-refractivity contribution >= 4 is 5.82 Å². The summed E-state index contributed by atoms with van der Waals surface area (Å²) in [6.07, 6.45) is 5.67. The van der Waals surface area contributed by atoms with Crippen LogP contribution < -0.4 is 10.9 Å². The topological polar surface area (TPSA) is 73.9 Å². The van der Waals surface area contributed by atoms with Gasteiger partial charge >= 0.3 is 0 Å². The van der Waals surface area contributed by atoms with Crippen LogP contribution in [0.25, 0.3) is 11.4 Å². The van der Waals surface area contributed by atoms with Crippen LogP contribution >= 0.6 is 0 Å². The van der Waals surface area contributed by atoms with E-state index in [1.165, 1.54) is 36.9 Å². The van der Waals surface area contributed by atoms with E-state index in [0.717, 1.165) is 30.2 Å². The Morgan fingerprint density at radius 2 is 1.94 bits per heavy atom. The molecule has 1 fully saturated rings. The highest BCUT2D eigenvalue weighted by Gasteiger charge is 2.19. The fourth-order valence-corrected chi connectivity index (χ4v) is 4.10. The normalized spacial score (nSPS) is 16.9. The molecule has 6 nitrogen and oxygen atoms in total. The van der Waals surface area contributed by atoms with Gasteiger partial charge < -0.3 is 10.3 Å². The Kier molecular flexibility index (Phi) is 6.47. The Morgan fingerprint density at radius 1 is 1.13 bits per heavy atom. The number of piperidine rings is 1. The van der Waals surface area contributed by atoms with Crippen molar-refractivity contribution in [1.82, 2.24) is 19.9 Å². The smallest absolute Gasteiger partial charge is 0.254 e. The Bertz CT molecular complexity index is 1090. The highest BCUT2D eigenvalue weighted by Crippen LogP contribution is 2.22. The Balaban J connectivity index is 1.44. The molecule has 0 radical (unpaired) electrons. The molecule has 1 saturated heterocycles. The van der Waals surface area contributed by atoms with Crippen molar-refractivity contribution in [3.63, 3.8) is 0 Å². The highest BCUT2D eigenvalue weighted by atomic mass is 16.1. The molecular weight excluding hydrogens is 386 g/mol. The van der Waals surface area contributed by atoms with Gasteiger partial charge in [-0.3, -0.25) is 9.69 Å². The summed E-state index contributed by atoms with van der Waals surface area (Å²) in [6, 6.07) is 13.2. The number of pyridine rings is 1. The second kappa shape index (κ2) is 9.43. The number of rotatable bonds is 6. The van der Waals surface area contributed by atoms with E-state index >= 15 is 0 Å². The third-order valence-corrected chi connectivity index (χ3v) is 6.32. The van der Waals surface area contributed by atoms with Crippen LogP contribution in [0.15, 0.2) is 47.4 Å². The van der Waals surface area contributed by atoms with E-state index in [2.05, 4.69) is 56.4 Å². The average molecular weight is 418 g/mol. The summed E-state index contributed by atoms with van der Waals surface area (Å²) in [7, 11) is 0. The summed E-state index contributed by atoms with van der Waals surface area (Å²) in [5.74, 6) is 1.35. The highest BCUT2D eigenvalue weighted by molar-refractivity contribution is 5.56. The predicted octanol–water partition coefficient (Wildman–Crippen LogP) is 4.44. The van der Waals surface area contributed by atoms with Crippen molar-refractivity contribution in [2.24, 2.45) is 0 Å². The first-order valence-electron chi connectivity index (χ1n) is 11.1. The van der Waals surface area contributed by atoms with E-state index in [0.29, 0.717) is 17.4 Å². The molecule has 162 valence electrons. The van der Waals surface area contributed by atoms with Gasteiger partial charge in [0.25, 0.3) is 5.56 Å². The monoisotopic (exact) mass is 417 g/mol. The third kappa shape index (κ3) is 5.02. The number of hydrogen-bond donors (Lipinski definition) is 2. The SMILES string of the molecule is Cc1nc(-c2ccc(NCc3ccccc3CN3CCCCC3C)nc2)[nH]c(=O)c1C. The second-order valence-corrected chi connectivity index (χ2v) is 8.49. The first-order valence-corrected chi connectivity index (χ1v) is 11.1. The zero-order valence-corrected chi connectivity index (χ0v) is 18.6. The first-order chi connectivity index (χ1) is 15.0. The molecule has 6 heteroatoms. The van der Waals surface area contributed by atoms with Crippen molar-refractivity contribution < 1.29 is 0 Å². The molecule has 1 unspecified atom stereocenters. The van der Waals surface area contributed by atoms with Gasteiger partial charge in [0.05, 0.1) is 0 Å². The van der Waals surface area contributed by atoms with Crippen LogP contribution in [-0.4, -0.2) is 32.4 Å². The summed E-state index contributed by atoms with van der Waals surface area (Å²) in [6.45, 7) is 8.86. The minimum absolute atomic E-state index is 0.107. The van der Waals surface area contributed by atoms with Crippen LogP contribution in [0.4, 0.5) is 5.82 Å². The number of benzene rings is 1. The summed E-state index contributed by atoms with van der Waals surface area (Å²) in [5, 5.41) is 3.44. The van der Waals surface area contributed by atoms with E-state index in [9.17, 15) is 4.79 Å². The fourth-order valence-electron chi connectivity index (χ4n) is 4.10. The van der Waals surface area contributed by atoms with Crippen molar-refractivity contribution in [2.45, 2.75) is 59.2 Å². The lowest BCUT2D eigenvalue weighted by Crippen LogP contribution is -2.37. The molecule has 4 rings (SSSR count). The fraction of sp³-hybridized carbons (Fsp3) is 0.400. The van der Waals surface area contributed by atoms with Crippen LogP contribution in [0.2, 0.25) is 0 Å². The molecule has 1 aliphatic rings. The predicted molar refractivity (Wildman–Crippen MR) is 125 cm³/mol. The van der Waals surface area contributed by atoms with Crippen LogP contribution in [0, 0.1) is 13.8 Å². The van der Waals surface area contributed by atoms with Crippen molar-refractivity contribution in [2.75, 3.05) is 11.9 Å². The average Bonchev–Trinajstić information content (AvgIpc) is 2.78. The van der Waals surface area contributed by atoms with Gasteiger partial charge in [0.2, 0.25) is 0 Å². The minimum Gasteiger partial charge on any atom is -0.366 e. The van der Waals surface area contributed by atoms with Crippen LogP contribution in [-0.2, 0) is 13.1 Å². The lowest BCUT2D eigenvalue weighted by Gasteiger charge is -2.33. The largest absolute Gasteiger partial charge is 0.366 e.